The Hall–Kier alpha value is -2.45. The Morgan fingerprint density at radius 3 is 2.48 bits per heavy atom. The Balaban J connectivity index is 0.00000364. The number of benzene rings is 1. The van der Waals surface area contributed by atoms with Crippen LogP contribution in [0, 0.1) is 0 Å². The fourth-order valence-corrected chi connectivity index (χ4v) is 2.67. The highest BCUT2D eigenvalue weighted by Crippen LogP contribution is 2.40. The highest BCUT2D eigenvalue weighted by molar-refractivity contribution is 5.93. The lowest BCUT2D eigenvalue weighted by atomic mass is 10.1. The predicted molar refractivity (Wildman–Crippen MR) is 106 cm³/mol. The van der Waals surface area contributed by atoms with Gasteiger partial charge in [0.2, 0.25) is 11.7 Å². The number of carbonyl (C=O) groups is 1. The van der Waals surface area contributed by atoms with E-state index < -0.39 is 6.04 Å². The van der Waals surface area contributed by atoms with E-state index in [0.29, 0.717) is 36.0 Å². The van der Waals surface area contributed by atoms with E-state index in [-0.39, 0.29) is 18.3 Å². The molecule has 1 aromatic heterocycles. The Bertz CT molecular complexity index is 751. The number of carbonyl (C=O) groups excluding carboxylic acids is 1. The number of hydrogen-bond acceptors (Lipinski definition) is 6. The van der Waals surface area contributed by atoms with E-state index in [0.717, 1.165) is 12.0 Å². The summed E-state index contributed by atoms with van der Waals surface area (Å²) in [6.45, 7) is 2.37. The van der Waals surface area contributed by atoms with Crippen molar-refractivity contribution < 1.29 is 19.0 Å². The molecule has 0 aliphatic rings. The van der Waals surface area contributed by atoms with E-state index in [1.165, 1.54) is 0 Å². The number of nitrogens with zero attached hydrogens (tertiary/aromatic N) is 2. The van der Waals surface area contributed by atoms with Gasteiger partial charge in [-0.05, 0) is 18.6 Å². The first-order valence-electron chi connectivity index (χ1n) is 8.41. The van der Waals surface area contributed by atoms with Gasteiger partial charge >= 0.3 is 0 Å². The van der Waals surface area contributed by atoms with Crippen molar-refractivity contribution >= 4 is 24.1 Å². The largest absolute Gasteiger partial charge is 0.493 e. The molecule has 1 heterocycles. The number of ether oxygens (including phenoxy) is 3. The van der Waals surface area contributed by atoms with Gasteiger partial charge in [-0.2, -0.15) is 5.10 Å². The van der Waals surface area contributed by atoms with Gasteiger partial charge in [-0.3, -0.25) is 4.79 Å². The second-order valence-corrected chi connectivity index (χ2v) is 5.75. The lowest BCUT2D eigenvalue weighted by Gasteiger charge is -2.17. The molecule has 0 saturated carbocycles. The fraction of sp³-hybridized carbons (Fsp3) is 0.444. The maximum atomic E-state index is 12.2. The number of nitrogens with one attached hydrogen (secondary N) is 1. The zero-order valence-electron chi connectivity index (χ0n) is 16.0. The molecule has 0 aliphatic carbocycles. The van der Waals surface area contributed by atoms with Crippen molar-refractivity contribution in [3.8, 4) is 17.2 Å². The molecule has 9 heteroatoms. The summed E-state index contributed by atoms with van der Waals surface area (Å²) in [5, 5.41) is 7.10. The van der Waals surface area contributed by atoms with Crippen LogP contribution in [0.25, 0.3) is 0 Å². The minimum absolute atomic E-state index is 0. The normalized spacial score (nSPS) is 11.3. The van der Waals surface area contributed by atoms with E-state index in [4.69, 9.17) is 19.9 Å². The second kappa shape index (κ2) is 10.6. The van der Waals surface area contributed by atoms with Crippen LogP contribution >= 0.6 is 12.4 Å². The maximum absolute atomic E-state index is 12.2. The third-order valence-electron chi connectivity index (χ3n) is 4.01. The smallest absolute Gasteiger partial charge is 0.242 e. The van der Waals surface area contributed by atoms with Crippen LogP contribution in [0.15, 0.2) is 24.4 Å². The third kappa shape index (κ3) is 5.27. The number of amides is 1. The van der Waals surface area contributed by atoms with Gasteiger partial charge in [0.1, 0.15) is 5.82 Å². The summed E-state index contributed by atoms with van der Waals surface area (Å²) < 4.78 is 17.9. The molecule has 0 spiro atoms. The molecular weight excluding hydrogens is 372 g/mol. The van der Waals surface area contributed by atoms with Gasteiger partial charge in [-0.1, -0.05) is 13.3 Å². The van der Waals surface area contributed by atoms with E-state index in [2.05, 4.69) is 10.4 Å². The summed E-state index contributed by atoms with van der Waals surface area (Å²) in [5.41, 5.74) is 6.71. The number of nitrogens with two attached hydrogens (primary N) is 1. The third-order valence-corrected chi connectivity index (χ3v) is 4.01. The molecule has 1 atom stereocenters. The molecule has 8 nitrogen and oxygen atoms in total. The molecule has 1 aromatic carbocycles. The number of aromatic nitrogens is 2. The van der Waals surface area contributed by atoms with Gasteiger partial charge in [-0.15, -0.1) is 12.4 Å². The molecule has 27 heavy (non-hydrogen) atoms. The molecule has 2 rings (SSSR count). The standard InChI is InChI=1S/C18H26N4O4.ClH/c1-5-6-13(19)18(23)21-15-9-10-20-22(15)11-12-7-8-14(24-2)17(26-4)16(12)25-3;/h7-10,13H,5-6,11,19H2,1-4H3,(H,21,23);1H. The van der Waals surface area contributed by atoms with E-state index in [1.807, 2.05) is 13.0 Å². The van der Waals surface area contributed by atoms with Crippen molar-refractivity contribution in [2.45, 2.75) is 32.4 Å². The fourth-order valence-electron chi connectivity index (χ4n) is 2.67. The highest BCUT2D eigenvalue weighted by atomic mass is 35.5. The first-order chi connectivity index (χ1) is 12.5. The minimum Gasteiger partial charge on any atom is -0.493 e. The van der Waals surface area contributed by atoms with Crippen molar-refractivity contribution in [1.29, 1.82) is 0 Å². The number of hydrogen-bond donors (Lipinski definition) is 2. The SMILES string of the molecule is CCCC(N)C(=O)Nc1ccnn1Cc1ccc(OC)c(OC)c1OC.Cl. The molecule has 1 unspecified atom stereocenters. The zero-order valence-corrected chi connectivity index (χ0v) is 16.8. The lowest BCUT2D eigenvalue weighted by molar-refractivity contribution is -0.117. The van der Waals surface area contributed by atoms with Crippen molar-refractivity contribution in [3.63, 3.8) is 0 Å². The molecule has 0 radical (unpaired) electrons. The summed E-state index contributed by atoms with van der Waals surface area (Å²) in [6.07, 6.45) is 3.09. The van der Waals surface area contributed by atoms with Crippen LogP contribution in [0.2, 0.25) is 0 Å². The molecule has 0 bridgehead atoms. The van der Waals surface area contributed by atoms with E-state index in [1.54, 1.807) is 44.3 Å². The van der Waals surface area contributed by atoms with Crippen LogP contribution in [-0.4, -0.2) is 43.1 Å². The molecule has 2 aromatic rings. The van der Waals surface area contributed by atoms with Gasteiger partial charge in [-0.25, -0.2) is 4.68 Å². The van der Waals surface area contributed by atoms with Gasteiger partial charge in [0.25, 0.3) is 0 Å². The Morgan fingerprint density at radius 2 is 1.89 bits per heavy atom. The summed E-state index contributed by atoms with van der Waals surface area (Å²) in [7, 11) is 4.69. The zero-order chi connectivity index (χ0) is 19.1. The van der Waals surface area contributed by atoms with Gasteiger partial charge < -0.3 is 25.3 Å². The van der Waals surface area contributed by atoms with Crippen LogP contribution in [0.5, 0.6) is 17.2 Å². The van der Waals surface area contributed by atoms with Crippen LogP contribution in [0.4, 0.5) is 5.82 Å². The van der Waals surface area contributed by atoms with Crippen LogP contribution in [0.3, 0.4) is 0 Å². The molecule has 3 N–H and O–H groups in total. The Labute approximate surface area is 165 Å². The van der Waals surface area contributed by atoms with Gasteiger partial charge in [0, 0.05) is 11.6 Å². The highest BCUT2D eigenvalue weighted by Gasteiger charge is 2.18. The van der Waals surface area contributed by atoms with Crippen molar-refractivity contribution in [2.75, 3.05) is 26.6 Å². The van der Waals surface area contributed by atoms with E-state index in [9.17, 15) is 4.79 Å². The van der Waals surface area contributed by atoms with Crippen molar-refractivity contribution in [1.82, 2.24) is 9.78 Å². The summed E-state index contributed by atoms with van der Waals surface area (Å²) in [4.78, 5) is 12.2. The predicted octanol–water partition coefficient (Wildman–Crippen LogP) is 2.44. The molecule has 150 valence electrons. The van der Waals surface area contributed by atoms with Crippen LogP contribution in [-0.2, 0) is 11.3 Å². The van der Waals surface area contributed by atoms with Gasteiger partial charge in [0.15, 0.2) is 11.5 Å². The summed E-state index contributed by atoms with van der Waals surface area (Å²) in [6, 6.07) is 4.86. The molecule has 0 saturated heterocycles. The maximum Gasteiger partial charge on any atom is 0.242 e. The average molecular weight is 399 g/mol. The number of rotatable bonds is 9. The quantitative estimate of drug-likeness (QED) is 0.672. The Morgan fingerprint density at radius 1 is 1.19 bits per heavy atom. The number of halogens is 1. The van der Waals surface area contributed by atoms with Crippen LogP contribution in [0.1, 0.15) is 25.3 Å². The first kappa shape index (κ1) is 22.6. The second-order valence-electron chi connectivity index (χ2n) is 5.75. The number of methoxy groups -OCH3 is 3. The molecular formula is C18H27ClN4O4. The van der Waals surface area contributed by atoms with Crippen molar-refractivity contribution in [3.05, 3.63) is 30.0 Å². The lowest BCUT2D eigenvalue weighted by Crippen LogP contribution is -2.36. The minimum atomic E-state index is -0.543. The first-order valence-corrected chi connectivity index (χ1v) is 8.41. The molecule has 0 aliphatic heterocycles. The van der Waals surface area contributed by atoms with Crippen LogP contribution < -0.4 is 25.3 Å². The summed E-state index contributed by atoms with van der Waals surface area (Å²) >= 11 is 0. The number of anilines is 1. The Kier molecular flexibility index (Phi) is 8.90. The topological polar surface area (TPSA) is 101 Å². The average Bonchev–Trinajstić information content (AvgIpc) is 3.07. The van der Waals surface area contributed by atoms with Gasteiger partial charge in [0.05, 0.1) is 40.1 Å². The monoisotopic (exact) mass is 398 g/mol. The van der Waals surface area contributed by atoms with Crippen molar-refractivity contribution in [2.24, 2.45) is 5.73 Å². The molecule has 1 amide bonds. The van der Waals surface area contributed by atoms with E-state index >= 15 is 0 Å². The summed E-state index contributed by atoms with van der Waals surface area (Å²) in [5.74, 6) is 1.98. The molecule has 0 fully saturated rings.